The van der Waals surface area contributed by atoms with Crippen molar-refractivity contribution in [1.29, 1.82) is 0 Å². The Morgan fingerprint density at radius 1 is 0.700 bits per heavy atom. The van der Waals surface area contributed by atoms with Gasteiger partial charge in [-0.15, -0.1) is 0 Å². The molecule has 1 saturated heterocycles. The second-order valence-electron chi connectivity index (χ2n) is 10.4. The predicted octanol–water partition coefficient (Wildman–Crippen LogP) is 6.37. The molecule has 1 heterocycles. The topological polar surface area (TPSA) is 66.5 Å². The van der Waals surface area contributed by atoms with Crippen molar-refractivity contribution in [2.75, 3.05) is 6.54 Å². The fourth-order valence-corrected chi connectivity index (χ4v) is 5.84. The van der Waals surface area contributed by atoms with Gasteiger partial charge < -0.3 is 10.2 Å². The molecule has 5 nitrogen and oxygen atoms in total. The van der Waals surface area contributed by atoms with Crippen LogP contribution >= 0.6 is 0 Å². The van der Waals surface area contributed by atoms with E-state index in [0.717, 1.165) is 23.1 Å². The van der Waals surface area contributed by atoms with Crippen LogP contribution in [0.2, 0.25) is 0 Å². The first kappa shape index (κ1) is 27.1. The highest BCUT2D eigenvalue weighted by Crippen LogP contribution is 2.51. The lowest BCUT2D eigenvalue weighted by molar-refractivity contribution is -0.125. The first-order chi connectivity index (χ1) is 19.5. The van der Waals surface area contributed by atoms with Gasteiger partial charge in [0, 0.05) is 23.6 Å². The molecule has 0 radical (unpaired) electrons. The number of Topliss-reactive ketones (excluding diaryl/α,β-unsaturated/α-hetero) is 1. The molecule has 4 atom stereocenters. The molecule has 1 N–H and O–H groups in total. The van der Waals surface area contributed by atoms with E-state index >= 15 is 0 Å². The summed E-state index contributed by atoms with van der Waals surface area (Å²) in [4.78, 5) is 44.7. The van der Waals surface area contributed by atoms with Crippen molar-refractivity contribution in [3.05, 3.63) is 143 Å². The lowest BCUT2D eigenvalue weighted by Crippen LogP contribution is -2.48. The summed E-state index contributed by atoms with van der Waals surface area (Å²) < 4.78 is 0. The van der Waals surface area contributed by atoms with Gasteiger partial charge in [-0.1, -0.05) is 116 Å². The highest BCUT2D eigenvalue weighted by molar-refractivity contribution is 6.04. The van der Waals surface area contributed by atoms with Crippen LogP contribution in [-0.4, -0.2) is 35.1 Å². The van der Waals surface area contributed by atoms with Gasteiger partial charge in [-0.25, -0.2) is 0 Å². The first-order valence-electron chi connectivity index (χ1n) is 13.9. The van der Waals surface area contributed by atoms with Crippen molar-refractivity contribution in [1.82, 2.24) is 10.2 Å². The van der Waals surface area contributed by atoms with E-state index in [1.165, 1.54) is 0 Å². The van der Waals surface area contributed by atoms with E-state index in [2.05, 4.69) is 5.32 Å². The molecular weight excluding hydrogens is 496 g/mol. The van der Waals surface area contributed by atoms with Gasteiger partial charge in [-0.3, -0.25) is 14.4 Å². The molecule has 202 valence electrons. The molecule has 5 rings (SSSR count). The monoisotopic (exact) mass is 530 g/mol. The molecule has 0 aliphatic carbocycles. The summed E-state index contributed by atoms with van der Waals surface area (Å²) in [5, 5.41) is 3.05. The second kappa shape index (κ2) is 12.1. The zero-order valence-corrected chi connectivity index (χ0v) is 22.9. The number of rotatable bonds is 8. The number of hydrogen-bond acceptors (Lipinski definition) is 3. The molecule has 4 aromatic carbocycles. The van der Waals surface area contributed by atoms with Gasteiger partial charge in [0.1, 0.15) is 6.04 Å². The summed E-state index contributed by atoms with van der Waals surface area (Å²) >= 11 is 0. The Bertz CT molecular complexity index is 1450. The Hall–Kier alpha value is -4.51. The van der Waals surface area contributed by atoms with Crippen LogP contribution < -0.4 is 5.32 Å². The van der Waals surface area contributed by atoms with Crippen LogP contribution in [0.15, 0.2) is 115 Å². The number of benzene rings is 4. The molecule has 0 saturated carbocycles. The molecule has 1 fully saturated rings. The number of nitrogens with zero attached hydrogens (tertiary/aromatic N) is 1. The number of likely N-dealkylation sites (tertiary alicyclic amines) is 1. The average Bonchev–Trinajstić information content (AvgIpc) is 3.37. The van der Waals surface area contributed by atoms with Gasteiger partial charge in [0.15, 0.2) is 5.78 Å². The largest absolute Gasteiger partial charge is 0.354 e. The zero-order valence-electron chi connectivity index (χ0n) is 22.9. The van der Waals surface area contributed by atoms with E-state index in [-0.39, 0.29) is 17.6 Å². The quantitative estimate of drug-likeness (QED) is 0.269. The fraction of sp³-hybridized carbons (Fsp3) is 0.229. The molecule has 4 unspecified atom stereocenters. The molecular formula is C35H34N2O3. The maximum atomic E-state index is 14.5. The highest BCUT2D eigenvalue weighted by Gasteiger charge is 2.57. The van der Waals surface area contributed by atoms with E-state index in [1.54, 1.807) is 17.0 Å². The van der Waals surface area contributed by atoms with Gasteiger partial charge in [-0.2, -0.15) is 0 Å². The Labute approximate surface area is 235 Å². The molecule has 1 aliphatic rings. The van der Waals surface area contributed by atoms with Gasteiger partial charge in [0.2, 0.25) is 5.91 Å². The Morgan fingerprint density at radius 3 is 1.82 bits per heavy atom. The Morgan fingerprint density at radius 2 is 1.25 bits per heavy atom. The van der Waals surface area contributed by atoms with Crippen LogP contribution in [0.5, 0.6) is 0 Å². The number of hydrogen-bond donors (Lipinski definition) is 1. The van der Waals surface area contributed by atoms with Crippen LogP contribution in [0.25, 0.3) is 0 Å². The number of carbonyl (C=O) groups excluding carboxylic acids is 3. The van der Waals surface area contributed by atoms with E-state index in [4.69, 9.17) is 0 Å². The second-order valence-corrected chi connectivity index (χ2v) is 10.4. The summed E-state index contributed by atoms with van der Waals surface area (Å²) in [5.74, 6) is -1.84. The fourth-order valence-electron chi connectivity index (χ4n) is 5.84. The van der Waals surface area contributed by atoms with Gasteiger partial charge in [0.25, 0.3) is 5.91 Å². The third-order valence-electron chi connectivity index (χ3n) is 7.70. The van der Waals surface area contributed by atoms with Crippen LogP contribution in [0.3, 0.4) is 0 Å². The van der Waals surface area contributed by atoms with Gasteiger partial charge >= 0.3 is 0 Å². The lowest BCUT2D eigenvalue weighted by Gasteiger charge is -2.32. The summed E-state index contributed by atoms with van der Waals surface area (Å²) in [6.45, 7) is 4.45. The molecule has 5 heteroatoms. The standard InChI is InChI=1S/C35H34N2O3/c1-3-23-36-34(39)32-29(25-13-7-4-8-14-25)30(33(38)27-17-11-6-12-18-27)31(26-15-9-5-10-16-26)37(32)35(40)28-21-19-24(2)20-22-28/h4-22,29-32H,3,23H2,1-2H3,(H,36,39). The van der Waals surface area contributed by atoms with Crippen molar-refractivity contribution >= 4 is 17.6 Å². The van der Waals surface area contributed by atoms with Crippen molar-refractivity contribution in [2.45, 2.75) is 38.3 Å². The molecule has 4 aromatic rings. The minimum absolute atomic E-state index is 0.0872. The van der Waals surface area contributed by atoms with Crippen LogP contribution in [0.1, 0.15) is 62.7 Å². The van der Waals surface area contributed by atoms with Crippen LogP contribution in [0.4, 0.5) is 0 Å². The first-order valence-corrected chi connectivity index (χ1v) is 13.9. The normalized spacial score (nSPS) is 20.2. The SMILES string of the molecule is CCCNC(=O)C1C(c2ccccc2)C(C(=O)c2ccccc2)C(c2ccccc2)N1C(=O)c1ccc(C)cc1. The molecule has 0 bridgehead atoms. The van der Waals surface area contributed by atoms with Crippen molar-refractivity contribution in [2.24, 2.45) is 5.92 Å². The maximum Gasteiger partial charge on any atom is 0.255 e. The summed E-state index contributed by atoms with van der Waals surface area (Å²) in [5.41, 5.74) is 3.76. The van der Waals surface area contributed by atoms with Crippen LogP contribution in [-0.2, 0) is 4.79 Å². The lowest BCUT2D eigenvalue weighted by atomic mass is 9.76. The van der Waals surface area contributed by atoms with Crippen LogP contribution in [0, 0.1) is 12.8 Å². The molecule has 0 spiro atoms. The number of aryl methyl sites for hydroxylation is 1. The van der Waals surface area contributed by atoms with Crippen molar-refractivity contribution in [3.8, 4) is 0 Å². The zero-order chi connectivity index (χ0) is 28.1. The van der Waals surface area contributed by atoms with E-state index in [1.807, 2.05) is 117 Å². The number of ketones is 1. The van der Waals surface area contributed by atoms with E-state index < -0.39 is 23.9 Å². The average molecular weight is 531 g/mol. The molecule has 0 aromatic heterocycles. The predicted molar refractivity (Wildman–Crippen MR) is 157 cm³/mol. The number of carbonyl (C=O) groups is 3. The summed E-state index contributed by atoms with van der Waals surface area (Å²) in [6, 6.07) is 34.3. The maximum absolute atomic E-state index is 14.5. The van der Waals surface area contributed by atoms with Gasteiger partial charge in [0.05, 0.1) is 12.0 Å². The third kappa shape index (κ3) is 5.32. The highest BCUT2D eigenvalue weighted by atomic mass is 16.2. The minimum atomic E-state index is -0.884. The summed E-state index contributed by atoms with van der Waals surface area (Å²) in [6.07, 6.45) is 0.759. The molecule has 2 amide bonds. The third-order valence-corrected chi connectivity index (χ3v) is 7.70. The molecule has 40 heavy (non-hydrogen) atoms. The Kier molecular flexibility index (Phi) is 8.20. The van der Waals surface area contributed by atoms with Gasteiger partial charge in [-0.05, 0) is 36.6 Å². The Balaban J connectivity index is 1.76. The van der Waals surface area contributed by atoms with Crippen molar-refractivity contribution in [3.63, 3.8) is 0 Å². The van der Waals surface area contributed by atoms with E-state index in [0.29, 0.717) is 17.7 Å². The molecule has 1 aliphatic heterocycles. The summed E-state index contributed by atoms with van der Waals surface area (Å²) in [7, 11) is 0. The number of amides is 2. The minimum Gasteiger partial charge on any atom is -0.354 e. The smallest absolute Gasteiger partial charge is 0.255 e. The number of nitrogens with one attached hydrogen (secondary N) is 1. The van der Waals surface area contributed by atoms with E-state index in [9.17, 15) is 14.4 Å². The van der Waals surface area contributed by atoms with Crippen molar-refractivity contribution < 1.29 is 14.4 Å².